The molecule has 4 heteroatoms. The van der Waals surface area contributed by atoms with Crippen LogP contribution in [0.3, 0.4) is 0 Å². The molecule has 0 amide bonds. The molecule has 1 heterocycles. The summed E-state index contributed by atoms with van der Waals surface area (Å²) in [6, 6.07) is 0. The molecule has 1 rings (SSSR count). The molecular weight excluding hydrogens is 124 g/mol. The normalized spacial score (nSPS) is 9.75. The van der Waals surface area contributed by atoms with E-state index in [4.69, 9.17) is 5.14 Å². The van der Waals surface area contributed by atoms with Crippen LogP contribution in [0.15, 0.2) is 15.7 Å². The Kier molecular flexibility index (Phi) is 1.55. The summed E-state index contributed by atoms with van der Waals surface area (Å²) >= 11 is 1.15. The van der Waals surface area contributed by atoms with Crippen molar-refractivity contribution in [2.75, 3.05) is 0 Å². The van der Waals surface area contributed by atoms with Gasteiger partial charge in [0.05, 0.1) is 10.6 Å². The van der Waals surface area contributed by atoms with Crippen LogP contribution < -0.4 is 5.14 Å². The molecule has 0 atom stereocenters. The number of aromatic nitrogens is 1. The van der Waals surface area contributed by atoms with Gasteiger partial charge < -0.3 is 4.52 Å². The SMILES string of the molecule is Cc1nocc1SN. The lowest BCUT2D eigenvalue weighted by Crippen LogP contribution is -1.78. The van der Waals surface area contributed by atoms with Crippen molar-refractivity contribution in [3.05, 3.63) is 12.0 Å². The number of nitrogens with zero attached hydrogens (tertiary/aromatic N) is 1. The maximum Gasteiger partial charge on any atom is 0.138 e. The second-order valence-corrected chi connectivity index (χ2v) is 2.06. The van der Waals surface area contributed by atoms with Gasteiger partial charge in [-0.1, -0.05) is 5.16 Å². The van der Waals surface area contributed by atoms with E-state index in [9.17, 15) is 0 Å². The summed E-state index contributed by atoms with van der Waals surface area (Å²) in [7, 11) is 0. The van der Waals surface area contributed by atoms with E-state index >= 15 is 0 Å². The summed E-state index contributed by atoms with van der Waals surface area (Å²) in [4.78, 5) is 0.894. The maximum absolute atomic E-state index is 5.21. The molecule has 0 bridgehead atoms. The van der Waals surface area contributed by atoms with Crippen LogP contribution in [-0.2, 0) is 0 Å². The second-order valence-electron chi connectivity index (χ2n) is 1.38. The molecule has 0 fully saturated rings. The first-order chi connectivity index (χ1) is 3.84. The van der Waals surface area contributed by atoms with Crippen molar-refractivity contribution in [2.45, 2.75) is 11.8 Å². The van der Waals surface area contributed by atoms with Crippen LogP contribution >= 0.6 is 11.9 Å². The fraction of sp³-hybridized carbons (Fsp3) is 0.250. The van der Waals surface area contributed by atoms with Gasteiger partial charge in [0, 0.05) is 0 Å². The van der Waals surface area contributed by atoms with Gasteiger partial charge in [-0.2, -0.15) is 0 Å². The van der Waals surface area contributed by atoms with Crippen molar-refractivity contribution in [2.24, 2.45) is 5.14 Å². The fourth-order valence-corrected chi connectivity index (χ4v) is 0.703. The zero-order chi connectivity index (χ0) is 5.98. The van der Waals surface area contributed by atoms with Crippen molar-refractivity contribution in [3.8, 4) is 0 Å². The lowest BCUT2D eigenvalue weighted by Gasteiger charge is -1.82. The Morgan fingerprint density at radius 3 is 2.88 bits per heavy atom. The van der Waals surface area contributed by atoms with E-state index < -0.39 is 0 Å². The van der Waals surface area contributed by atoms with Crippen molar-refractivity contribution in [1.82, 2.24) is 5.16 Å². The van der Waals surface area contributed by atoms with Crippen LogP contribution in [0.4, 0.5) is 0 Å². The van der Waals surface area contributed by atoms with Gasteiger partial charge in [-0.3, -0.25) is 5.14 Å². The molecule has 0 saturated carbocycles. The summed E-state index contributed by atoms with van der Waals surface area (Å²) in [6.07, 6.45) is 1.53. The molecule has 44 valence electrons. The zero-order valence-electron chi connectivity index (χ0n) is 4.42. The van der Waals surface area contributed by atoms with Gasteiger partial charge in [-0.15, -0.1) is 0 Å². The molecule has 0 aromatic carbocycles. The summed E-state index contributed by atoms with van der Waals surface area (Å²) in [5.74, 6) is 0. The van der Waals surface area contributed by atoms with Crippen LogP contribution in [0.5, 0.6) is 0 Å². The van der Waals surface area contributed by atoms with E-state index in [0.29, 0.717) is 0 Å². The Bertz CT molecular complexity index is 174. The summed E-state index contributed by atoms with van der Waals surface area (Å²) in [6.45, 7) is 1.85. The molecule has 1 aromatic rings. The van der Waals surface area contributed by atoms with Crippen LogP contribution in [0.1, 0.15) is 5.69 Å². The van der Waals surface area contributed by atoms with Crippen molar-refractivity contribution < 1.29 is 4.52 Å². The number of aryl methyl sites for hydroxylation is 1. The highest BCUT2D eigenvalue weighted by molar-refractivity contribution is 7.97. The third-order valence-electron chi connectivity index (χ3n) is 0.833. The third-order valence-corrected chi connectivity index (χ3v) is 1.48. The van der Waals surface area contributed by atoms with Gasteiger partial charge in [0.15, 0.2) is 0 Å². The number of rotatable bonds is 1. The zero-order valence-corrected chi connectivity index (χ0v) is 5.23. The van der Waals surface area contributed by atoms with Crippen molar-refractivity contribution in [1.29, 1.82) is 0 Å². The number of nitrogens with two attached hydrogens (primary N) is 1. The van der Waals surface area contributed by atoms with Gasteiger partial charge >= 0.3 is 0 Å². The van der Waals surface area contributed by atoms with E-state index in [1.54, 1.807) is 0 Å². The quantitative estimate of drug-likeness (QED) is 0.575. The molecule has 8 heavy (non-hydrogen) atoms. The van der Waals surface area contributed by atoms with Crippen LogP contribution in [0.2, 0.25) is 0 Å². The molecule has 0 aliphatic rings. The Balaban J connectivity index is 2.92. The predicted octanol–water partition coefficient (Wildman–Crippen LogP) is 0.949. The smallest absolute Gasteiger partial charge is 0.138 e. The van der Waals surface area contributed by atoms with Gasteiger partial charge in [0.25, 0.3) is 0 Å². The summed E-state index contributed by atoms with van der Waals surface area (Å²) in [5.41, 5.74) is 0.845. The molecular formula is C4H6N2OS. The number of hydrogen-bond donors (Lipinski definition) is 1. The highest BCUT2D eigenvalue weighted by Crippen LogP contribution is 2.13. The minimum Gasteiger partial charge on any atom is -0.363 e. The Morgan fingerprint density at radius 2 is 2.62 bits per heavy atom. The van der Waals surface area contributed by atoms with E-state index in [1.807, 2.05) is 6.92 Å². The van der Waals surface area contributed by atoms with Crippen LogP contribution in [-0.4, -0.2) is 5.16 Å². The Hall–Kier alpha value is -0.480. The van der Waals surface area contributed by atoms with E-state index in [0.717, 1.165) is 22.5 Å². The second kappa shape index (κ2) is 2.19. The van der Waals surface area contributed by atoms with Crippen LogP contribution in [0, 0.1) is 6.92 Å². The first-order valence-electron chi connectivity index (χ1n) is 2.12. The molecule has 0 saturated heterocycles. The third kappa shape index (κ3) is 0.850. The lowest BCUT2D eigenvalue weighted by molar-refractivity contribution is 0.413. The van der Waals surface area contributed by atoms with Crippen LogP contribution in [0.25, 0.3) is 0 Å². The highest BCUT2D eigenvalue weighted by Gasteiger charge is 1.97. The van der Waals surface area contributed by atoms with E-state index in [-0.39, 0.29) is 0 Å². The maximum atomic E-state index is 5.21. The monoisotopic (exact) mass is 130 g/mol. The number of hydrogen-bond acceptors (Lipinski definition) is 4. The van der Waals surface area contributed by atoms with Gasteiger partial charge in [0.2, 0.25) is 0 Å². The molecule has 3 nitrogen and oxygen atoms in total. The standard InChI is InChI=1S/C4H6N2OS/c1-3-4(8-5)2-7-6-3/h2H,5H2,1H3. The first kappa shape index (κ1) is 5.65. The van der Waals surface area contributed by atoms with Crippen molar-refractivity contribution >= 4 is 11.9 Å². The minimum absolute atomic E-state index is 0.845. The molecule has 2 N–H and O–H groups in total. The first-order valence-corrected chi connectivity index (χ1v) is 3.00. The lowest BCUT2D eigenvalue weighted by atomic mass is 10.5. The molecule has 0 spiro atoms. The highest BCUT2D eigenvalue weighted by atomic mass is 32.2. The molecule has 0 aliphatic heterocycles. The van der Waals surface area contributed by atoms with Gasteiger partial charge in [-0.25, -0.2) is 0 Å². The average Bonchev–Trinajstić information content (AvgIpc) is 2.14. The van der Waals surface area contributed by atoms with Gasteiger partial charge in [0.1, 0.15) is 6.26 Å². The topological polar surface area (TPSA) is 52.0 Å². The van der Waals surface area contributed by atoms with Crippen molar-refractivity contribution in [3.63, 3.8) is 0 Å². The molecule has 0 radical (unpaired) electrons. The molecule has 1 aromatic heterocycles. The van der Waals surface area contributed by atoms with Gasteiger partial charge in [-0.05, 0) is 18.9 Å². The minimum atomic E-state index is 0.845. The van der Waals surface area contributed by atoms with E-state index in [2.05, 4.69) is 9.68 Å². The predicted molar refractivity (Wildman–Crippen MR) is 31.3 cm³/mol. The molecule has 0 aliphatic carbocycles. The average molecular weight is 130 g/mol. The summed E-state index contributed by atoms with van der Waals surface area (Å²) in [5, 5.41) is 8.82. The van der Waals surface area contributed by atoms with E-state index in [1.165, 1.54) is 6.26 Å². The Labute approximate surface area is 51.4 Å². The largest absolute Gasteiger partial charge is 0.363 e. The molecule has 0 unspecified atom stereocenters. The fourth-order valence-electron chi connectivity index (χ4n) is 0.397. The summed E-state index contributed by atoms with van der Waals surface area (Å²) < 4.78 is 4.59. The Morgan fingerprint density at radius 1 is 1.88 bits per heavy atom.